The highest BCUT2D eigenvalue weighted by Gasteiger charge is 2.43. The van der Waals surface area contributed by atoms with Crippen LogP contribution in [0.25, 0.3) is 0 Å². The van der Waals surface area contributed by atoms with Crippen molar-refractivity contribution in [3.05, 3.63) is 23.8 Å². The Balaban J connectivity index is 1.79. The fraction of sp³-hybridized carbons (Fsp3) is 0.632. The van der Waals surface area contributed by atoms with E-state index in [-0.39, 0.29) is 11.7 Å². The molecule has 1 spiro atoms. The molecule has 0 saturated carbocycles. The van der Waals surface area contributed by atoms with Crippen LogP contribution in [0.2, 0.25) is 0 Å². The van der Waals surface area contributed by atoms with Crippen LogP contribution in [-0.4, -0.2) is 37.2 Å². The molecule has 2 aliphatic heterocycles. The normalized spacial score (nSPS) is 23.0. The molecule has 0 amide bonds. The Kier molecular flexibility index (Phi) is 4.99. The van der Waals surface area contributed by atoms with Gasteiger partial charge in [-0.2, -0.15) is 0 Å². The van der Waals surface area contributed by atoms with Gasteiger partial charge in [-0.15, -0.1) is 0 Å². The van der Waals surface area contributed by atoms with Gasteiger partial charge in [-0.1, -0.05) is 19.0 Å². The van der Waals surface area contributed by atoms with Crippen LogP contribution in [0.15, 0.2) is 23.4 Å². The van der Waals surface area contributed by atoms with Crippen LogP contribution < -0.4 is 9.47 Å². The van der Waals surface area contributed by atoms with Crippen molar-refractivity contribution in [3.8, 4) is 11.5 Å². The summed E-state index contributed by atoms with van der Waals surface area (Å²) < 4.78 is 17.3. The van der Waals surface area contributed by atoms with E-state index in [1.807, 2.05) is 32.0 Å². The molecule has 132 valence electrons. The molecule has 5 heteroatoms. The average Bonchev–Trinajstić information content (AvgIpc) is 3.16. The van der Waals surface area contributed by atoms with Crippen LogP contribution in [0.3, 0.4) is 0 Å². The molecule has 0 aliphatic carbocycles. The number of ether oxygens (including phenoxy) is 3. The summed E-state index contributed by atoms with van der Waals surface area (Å²) in [6, 6.07) is 6.00. The van der Waals surface area contributed by atoms with Crippen molar-refractivity contribution in [2.75, 3.05) is 19.8 Å². The Hall–Kier alpha value is -1.75. The SMILES string of the molecule is CC(C)COc1cc(C2=NOC3(CCOC3)C2)ccc1OC(C)C. The van der Waals surface area contributed by atoms with E-state index in [9.17, 15) is 0 Å². The Morgan fingerprint density at radius 3 is 2.71 bits per heavy atom. The zero-order valence-electron chi connectivity index (χ0n) is 15.0. The summed E-state index contributed by atoms with van der Waals surface area (Å²) in [5.41, 5.74) is 1.71. The van der Waals surface area contributed by atoms with Gasteiger partial charge in [0.2, 0.25) is 0 Å². The zero-order chi connectivity index (χ0) is 17.2. The molecular weight excluding hydrogens is 306 g/mol. The van der Waals surface area contributed by atoms with Gasteiger partial charge in [0, 0.05) is 18.4 Å². The predicted octanol–water partition coefficient (Wildman–Crippen LogP) is 3.79. The van der Waals surface area contributed by atoms with Crippen LogP contribution in [0.4, 0.5) is 0 Å². The quantitative estimate of drug-likeness (QED) is 0.795. The molecule has 0 N–H and O–H groups in total. The third-order valence-electron chi connectivity index (χ3n) is 4.12. The van der Waals surface area contributed by atoms with Gasteiger partial charge < -0.3 is 19.0 Å². The van der Waals surface area contributed by atoms with Crippen molar-refractivity contribution >= 4 is 5.71 Å². The van der Waals surface area contributed by atoms with Crippen LogP contribution in [0, 0.1) is 5.92 Å². The minimum absolute atomic E-state index is 0.100. The highest BCUT2D eigenvalue weighted by molar-refractivity contribution is 6.02. The molecule has 5 nitrogen and oxygen atoms in total. The molecule has 1 unspecified atom stereocenters. The number of hydrogen-bond donors (Lipinski definition) is 0. The Bertz CT molecular complexity index is 603. The van der Waals surface area contributed by atoms with Gasteiger partial charge in [0.25, 0.3) is 0 Å². The Labute approximate surface area is 143 Å². The van der Waals surface area contributed by atoms with E-state index in [1.54, 1.807) is 0 Å². The molecule has 0 aromatic heterocycles. The lowest BCUT2D eigenvalue weighted by molar-refractivity contribution is -0.0237. The van der Waals surface area contributed by atoms with Crippen molar-refractivity contribution in [2.24, 2.45) is 11.1 Å². The molecule has 2 aliphatic rings. The summed E-state index contributed by atoms with van der Waals surface area (Å²) >= 11 is 0. The number of hydrogen-bond acceptors (Lipinski definition) is 5. The first-order valence-corrected chi connectivity index (χ1v) is 8.74. The summed E-state index contributed by atoms with van der Waals surface area (Å²) in [6.07, 6.45) is 1.77. The van der Waals surface area contributed by atoms with Crippen molar-refractivity contribution in [3.63, 3.8) is 0 Å². The third-order valence-corrected chi connectivity index (χ3v) is 4.12. The topological polar surface area (TPSA) is 49.3 Å². The van der Waals surface area contributed by atoms with Crippen molar-refractivity contribution in [1.82, 2.24) is 0 Å². The minimum atomic E-state index is -0.263. The van der Waals surface area contributed by atoms with Crippen LogP contribution in [0.1, 0.15) is 46.1 Å². The molecule has 1 fully saturated rings. The maximum atomic E-state index is 5.97. The van der Waals surface area contributed by atoms with Gasteiger partial charge in [-0.3, -0.25) is 0 Å². The first-order valence-electron chi connectivity index (χ1n) is 8.74. The highest BCUT2D eigenvalue weighted by atomic mass is 16.7. The first kappa shape index (κ1) is 17.1. The van der Waals surface area contributed by atoms with Crippen molar-refractivity contribution < 1.29 is 19.0 Å². The average molecular weight is 333 g/mol. The standard InChI is InChI=1S/C19H27NO4/c1-13(2)11-22-18-9-15(5-6-17(18)23-14(3)4)16-10-19(24-20-16)7-8-21-12-19/h5-6,9,13-14H,7-8,10-12H2,1-4H3. The van der Waals surface area contributed by atoms with Crippen LogP contribution in [-0.2, 0) is 9.57 Å². The predicted molar refractivity (Wildman–Crippen MR) is 92.9 cm³/mol. The maximum absolute atomic E-state index is 5.97. The number of oxime groups is 1. The van der Waals surface area contributed by atoms with Gasteiger partial charge >= 0.3 is 0 Å². The van der Waals surface area contributed by atoms with Gasteiger partial charge in [0.15, 0.2) is 17.1 Å². The smallest absolute Gasteiger partial charge is 0.168 e. The van der Waals surface area contributed by atoms with Crippen LogP contribution in [0.5, 0.6) is 11.5 Å². The van der Waals surface area contributed by atoms with E-state index in [4.69, 9.17) is 19.0 Å². The minimum Gasteiger partial charge on any atom is -0.489 e. The van der Waals surface area contributed by atoms with E-state index in [0.29, 0.717) is 19.1 Å². The Morgan fingerprint density at radius 2 is 2.04 bits per heavy atom. The van der Waals surface area contributed by atoms with Gasteiger partial charge in [0.05, 0.1) is 31.6 Å². The highest BCUT2D eigenvalue weighted by Crippen LogP contribution is 2.36. The lowest BCUT2D eigenvalue weighted by Crippen LogP contribution is -2.29. The molecule has 2 heterocycles. The zero-order valence-corrected chi connectivity index (χ0v) is 15.0. The fourth-order valence-corrected chi connectivity index (χ4v) is 2.88. The molecule has 0 radical (unpaired) electrons. The van der Waals surface area contributed by atoms with E-state index in [0.717, 1.165) is 42.2 Å². The van der Waals surface area contributed by atoms with E-state index < -0.39 is 0 Å². The summed E-state index contributed by atoms with van der Waals surface area (Å²) in [5, 5.41) is 4.31. The van der Waals surface area contributed by atoms with Crippen molar-refractivity contribution in [1.29, 1.82) is 0 Å². The summed E-state index contributed by atoms with van der Waals surface area (Å²) in [4.78, 5) is 5.69. The third kappa shape index (κ3) is 3.83. The van der Waals surface area contributed by atoms with Crippen molar-refractivity contribution in [2.45, 2.75) is 52.2 Å². The second kappa shape index (κ2) is 7.01. The second-order valence-corrected chi connectivity index (χ2v) is 7.32. The number of nitrogens with zero attached hydrogens (tertiary/aromatic N) is 1. The monoisotopic (exact) mass is 333 g/mol. The molecule has 1 saturated heterocycles. The maximum Gasteiger partial charge on any atom is 0.168 e. The lowest BCUT2D eigenvalue weighted by Gasteiger charge is -2.18. The second-order valence-electron chi connectivity index (χ2n) is 7.32. The van der Waals surface area contributed by atoms with Gasteiger partial charge in [-0.25, -0.2) is 0 Å². The van der Waals surface area contributed by atoms with E-state index in [1.165, 1.54) is 0 Å². The number of benzene rings is 1. The molecule has 24 heavy (non-hydrogen) atoms. The number of rotatable bonds is 6. The first-order chi connectivity index (χ1) is 11.5. The summed E-state index contributed by atoms with van der Waals surface area (Å²) in [5.74, 6) is 1.99. The summed E-state index contributed by atoms with van der Waals surface area (Å²) in [6.45, 7) is 10.3. The van der Waals surface area contributed by atoms with E-state index in [2.05, 4.69) is 19.0 Å². The van der Waals surface area contributed by atoms with E-state index >= 15 is 0 Å². The van der Waals surface area contributed by atoms with Crippen LogP contribution >= 0.6 is 0 Å². The molecule has 1 aromatic rings. The molecule has 0 bridgehead atoms. The van der Waals surface area contributed by atoms with Gasteiger partial charge in [-0.05, 0) is 38.0 Å². The molecule has 1 aromatic carbocycles. The van der Waals surface area contributed by atoms with Gasteiger partial charge in [0.1, 0.15) is 0 Å². The fourth-order valence-electron chi connectivity index (χ4n) is 2.88. The Morgan fingerprint density at radius 1 is 1.21 bits per heavy atom. The molecular formula is C19H27NO4. The largest absolute Gasteiger partial charge is 0.489 e. The molecule has 1 atom stereocenters. The lowest BCUT2D eigenvalue weighted by atomic mass is 9.93. The summed E-state index contributed by atoms with van der Waals surface area (Å²) in [7, 11) is 0. The molecule has 3 rings (SSSR count).